The number of halogens is 1. The van der Waals surface area contributed by atoms with Gasteiger partial charge in [0.15, 0.2) is 0 Å². The van der Waals surface area contributed by atoms with E-state index in [4.69, 9.17) is 10.5 Å². The first kappa shape index (κ1) is 14.5. The van der Waals surface area contributed by atoms with Gasteiger partial charge >= 0.3 is 5.97 Å². The minimum Gasteiger partial charge on any atom is -0.508 e. The third-order valence-electron chi connectivity index (χ3n) is 2.01. The molecule has 0 saturated heterocycles. The summed E-state index contributed by atoms with van der Waals surface area (Å²) in [6, 6.07) is 3.43. The quantitative estimate of drug-likeness (QED) is 0.779. The lowest BCUT2D eigenvalue weighted by Gasteiger charge is -2.13. The van der Waals surface area contributed by atoms with Gasteiger partial charge in [0, 0.05) is 11.6 Å². The lowest BCUT2D eigenvalue weighted by molar-refractivity contribution is -0.142. The highest BCUT2D eigenvalue weighted by atomic mass is 35.5. The summed E-state index contributed by atoms with van der Waals surface area (Å²) in [5.41, 5.74) is 6.11. The Morgan fingerprint density at radius 3 is 2.56 bits per heavy atom. The number of phenols is 1. The average molecular weight is 248 g/mol. The predicted octanol–water partition coefficient (Wildman–Crippen LogP) is 0.995. The van der Waals surface area contributed by atoms with Gasteiger partial charge in [0.25, 0.3) is 0 Å². The van der Waals surface area contributed by atoms with Gasteiger partial charge in [-0.3, -0.25) is 4.79 Å². The first-order valence-corrected chi connectivity index (χ1v) is 4.30. The van der Waals surface area contributed by atoms with Crippen molar-refractivity contribution < 1.29 is 19.4 Å². The summed E-state index contributed by atoms with van der Waals surface area (Å²) in [6.45, 7) is 0. The summed E-state index contributed by atoms with van der Waals surface area (Å²) in [4.78, 5) is 11.2. The van der Waals surface area contributed by atoms with Crippen LogP contribution in [0.3, 0.4) is 0 Å². The van der Waals surface area contributed by atoms with Gasteiger partial charge in [0.05, 0.1) is 14.2 Å². The highest BCUT2D eigenvalue weighted by molar-refractivity contribution is 5.85. The molecule has 16 heavy (non-hydrogen) atoms. The predicted molar refractivity (Wildman–Crippen MR) is 60.9 cm³/mol. The molecule has 0 fully saturated rings. The maximum absolute atomic E-state index is 11.2. The second-order valence-electron chi connectivity index (χ2n) is 2.93. The van der Waals surface area contributed by atoms with Crippen LogP contribution in [0.4, 0.5) is 0 Å². The van der Waals surface area contributed by atoms with Crippen LogP contribution in [0.2, 0.25) is 0 Å². The molecule has 6 heteroatoms. The molecule has 1 aromatic rings. The molecular weight excluding hydrogens is 234 g/mol. The SMILES string of the molecule is COC(=O)[C@@H](N)c1ccc(O)cc1OC.Cl. The van der Waals surface area contributed by atoms with Gasteiger partial charge in [-0.15, -0.1) is 12.4 Å². The van der Waals surface area contributed by atoms with Crippen molar-refractivity contribution in [3.63, 3.8) is 0 Å². The molecule has 1 atom stereocenters. The van der Waals surface area contributed by atoms with Crippen molar-refractivity contribution in [2.24, 2.45) is 5.73 Å². The highest BCUT2D eigenvalue weighted by Crippen LogP contribution is 2.28. The molecule has 0 amide bonds. The van der Waals surface area contributed by atoms with E-state index in [-0.39, 0.29) is 18.2 Å². The molecule has 0 heterocycles. The fourth-order valence-corrected chi connectivity index (χ4v) is 1.21. The Bertz CT molecular complexity index is 370. The van der Waals surface area contributed by atoms with Gasteiger partial charge in [0.2, 0.25) is 0 Å². The summed E-state index contributed by atoms with van der Waals surface area (Å²) < 4.78 is 9.51. The summed E-state index contributed by atoms with van der Waals surface area (Å²) in [6.07, 6.45) is 0. The number of benzene rings is 1. The molecule has 0 saturated carbocycles. The van der Waals surface area contributed by atoms with Crippen LogP contribution in [-0.2, 0) is 9.53 Å². The largest absolute Gasteiger partial charge is 0.508 e. The number of hydrogen-bond acceptors (Lipinski definition) is 5. The fraction of sp³-hybridized carbons (Fsp3) is 0.300. The molecule has 0 aliphatic rings. The van der Waals surface area contributed by atoms with Gasteiger partial charge in [-0.05, 0) is 12.1 Å². The molecule has 0 aliphatic carbocycles. The minimum absolute atomic E-state index is 0. The minimum atomic E-state index is -0.912. The standard InChI is InChI=1S/C10H13NO4.ClH/c1-14-8-5-6(12)3-4-7(8)9(11)10(13)15-2;/h3-5,9,12H,11H2,1-2H3;1H/t9-;/m0./s1. The average Bonchev–Trinajstić information content (AvgIpc) is 2.26. The normalized spacial score (nSPS) is 11.2. The van der Waals surface area contributed by atoms with E-state index in [1.807, 2.05) is 0 Å². The summed E-state index contributed by atoms with van der Waals surface area (Å²) in [5, 5.41) is 9.21. The molecule has 0 unspecified atom stereocenters. The third kappa shape index (κ3) is 3.01. The zero-order valence-corrected chi connectivity index (χ0v) is 9.78. The smallest absolute Gasteiger partial charge is 0.327 e. The number of nitrogens with two attached hydrogens (primary N) is 1. The van der Waals surface area contributed by atoms with Gasteiger partial charge in [-0.1, -0.05) is 0 Å². The van der Waals surface area contributed by atoms with E-state index in [2.05, 4.69) is 4.74 Å². The van der Waals surface area contributed by atoms with Crippen LogP contribution in [0, 0.1) is 0 Å². The topological polar surface area (TPSA) is 81.8 Å². The molecule has 0 spiro atoms. The lowest BCUT2D eigenvalue weighted by atomic mass is 10.1. The number of methoxy groups -OCH3 is 2. The van der Waals surface area contributed by atoms with E-state index in [9.17, 15) is 9.90 Å². The third-order valence-corrected chi connectivity index (χ3v) is 2.01. The van der Waals surface area contributed by atoms with Crippen molar-refractivity contribution in [3.8, 4) is 11.5 Å². The van der Waals surface area contributed by atoms with Crippen LogP contribution >= 0.6 is 12.4 Å². The van der Waals surface area contributed by atoms with Gasteiger partial charge in [-0.25, -0.2) is 0 Å². The van der Waals surface area contributed by atoms with Crippen molar-refractivity contribution >= 4 is 18.4 Å². The Morgan fingerprint density at radius 2 is 2.06 bits per heavy atom. The molecule has 1 rings (SSSR count). The number of rotatable bonds is 3. The molecule has 0 aromatic heterocycles. The zero-order chi connectivity index (χ0) is 11.4. The number of carbonyl (C=O) groups excluding carboxylic acids is 1. The number of aromatic hydroxyl groups is 1. The van der Waals surface area contributed by atoms with E-state index >= 15 is 0 Å². The Balaban J connectivity index is 0.00000225. The zero-order valence-electron chi connectivity index (χ0n) is 8.97. The fourth-order valence-electron chi connectivity index (χ4n) is 1.21. The summed E-state index contributed by atoms with van der Waals surface area (Å²) in [5.74, 6) is -0.153. The van der Waals surface area contributed by atoms with E-state index in [0.29, 0.717) is 11.3 Å². The van der Waals surface area contributed by atoms with E-state index < -0.39 is 12.0 Å². The van der Waals surface area contributed by atoms with Crippen molar-refractivity contribution in [3.05, 3.63) is 23.8 Å². The van der Waals surface area contributed by atoms with Crippen molar-refractivity contribution in [1.29, 1.82) is 0 Å². The molecule has 0 radical (unpaired) electrons. The molecule has 3 N–H and O–H groups in total. The number of carbonyl (C=O) groups is 1. The second kappa shape index (κ2) is 6.19. The van der Waals surface area contributed by atoms with Crippen LogP contribution in [0.25, 0.3) is 0 Å². The number of esters is 1. The summed E-state index contributed by atoms with van der Waals surface area (Å²) >= 11 is 0. The monoisotopic (exact) mass is 247 g/mol. The van der Waals surface area contributed by atoms with E-state index in [1.54, 1.807) is 0 Å². The van der Waals surface area contributed by atoms with E-state index in [1.165, 1.54) is 32.4 Å². The number of ether oxygens (including phenoxy) is 2. The molecule has 0 aliphatic heterocycles. The Hall–Kier alpha value is -1.46. The Labute approximate surface area is 99.6 Å². The lowest BCUT2D eigenvalue weighted by Crippen LogP contribution is -2.23. The van der Waals surface area contributed by atoms with Crippen molar-refractivity contribution in [2.45, 2.75) is 6.04 Å². The molecular formula is C10H14ClNO4. The molecule has 0 bridgehead atoms. The van der Waals surface area contributed by atoms with Gasteiger partial charge < -0.3 is 20.3 Å². The highest BCUT2D eigenvalue weighted by Gasteiger charge is 2.20. The van der Waals surface area contributed by atoms with Crippen LogP contribution in [0.5, 0.6) is 11.5 Å². The summed E-state index contributed by atoms with van der Waals surface area (Å²) in [7, 11) is 2.69. The first-order chi connectivity index (χ1) is 7.10. The van der Waals surface area contributed by atoms with Gasteiger partial charge in [0.1, 0.15) is 17.5 Å². The molecule has 5 nitrogen and oxygen atoms in total. The number of phenolic OH excluding ortho intramolecular Hbond substituents is 1. The van der Waals surface area contributed by atoms with Crippen LogP contribution in [0.15, 0.2) is 18.2 Å². The maximum atomic E-state index is 11.2. The molecule has 1 aromatic carbocycles. The Morgan fingerprint density at radius 1 is 1.44 bits per heavy atom. The Kier molecular flexibility index (Phi) is 5.63. The van der Waals surface area contributed by atoms with Gasteiger partial charge in [-0.2, -0.15) is 0 Å². The first-order valence-electron chi connectivity index (χ1n) is 4.30. The van der Waals surface area contributed by atoms with Crippen molar-refractivity contribution in [2.75, 3.05) is 14.2 Å². The number of hydrogen-bond donors (Lipinski definition) is 2. The molecule has 90 valence electrons. The second-order valence-corrected chi connectivity index (χ2v) is 2.93. The van der Waals surface area contributed by atoms with Crippen LogP contribution < -0.4 is 10.5 Å². The van der Waals surface area contributed by atoms with Crippen molar-refractivity contribution in [1.82, 2.24) is 0 Å². The van der Waals surface area contributed by atoms with E-state index in [0.717, 1.165) is 0 Å². The maximum Gasteiger partial charge on any atom is 0.327 e. The van der Waals surface area contributed by atoms with Crippen LogP contribution in [-0.4, -0.2) is 25.3 Å². The van der Waals surface area contributed by atoms with Crippen LogP contribution in [0.1, 0.15) is 11.6 Å².